The number of hydrazone groups is 1. The van der Waals surface area contributed by atoms with Crippen molar-refractivity contribution < 1.29 is 9.47 Å². The van der Waals surface area contributed by atoms with Crippen LogP contribution in [0.4, 0.5) is 5.69 Å². The molecular weight excluding hydrogens is 428 g/mol. The summed E-state index contributed by atoms with van der Waals surface area (Å²) in [6.45, 7) is 7.01. The zero-order chi connectivity index (χ0) is 23.3. The van der Waals surface area contributed by atoms with Gasteiger partial charge >= 0.3 is 0 Å². The second-order valence-corrected chi connectivity index (χ2v) is 8.69. The van der Waals surface area contributed by atoms with Gasteiger partial charge in [-0.05, 0) is 40.3 Å². The monoisotopic (exact) mass is 454 g/mol. The summed E-state index contributed by atoms with van der Waals surface area (Å²) in [5.41, 5.74) is 5.92. The lowest BCUT2D eigenvalue weighted by molar-refractivity contribution is 0.284. The molecular formula is C24H27ClN4O3. The molecule has 0 atom stereocenters. The Morgan fingerprint density at radius 3 is 2.53 bits per heavy atom. The van der Waals surface area contributed by atoms with Crippen LogP contribution in [-0.2, 0) is 19.1 Å². The van der Waals surface area contributed by atoms with E-state index >= 15 is 0 Å². The van der Waals surface area contributed by atoms with Gasteiger partial charge in [0.1, 0.15) is 17.3 Å². The number of nitrogens with zero attached hydrogens (tertiary/aromatic N) is 3. The summed E-state index contributed by atoms with van der Waals surface area (Å²) in [4.78, 5) is 11.8. The van der Waals surface area contributed by atoms with Gasteiger partial charge in [0.05, 0.1) is 19.5 Å². The van der Waals surface area contributed by atoms with Gasteiger partial charge in [-0.3, -0.25) is 10.2 Å². The minimum absolute atomic E-state index is 0.0245. The van der Waals surface area contributed by atoms with E-state index in [0.29, 0.717) is 23.8 Å². The van der Waals surface area contributed by atoms with E-state index < -0.39 is 5.56 Å². The third kappa shape index (κ3) is 5.68. The molecule has 0 radical (unpaired) electrons. The molecule has 0 spiro atoms. The number of rotatable bonds is 7. The van der Waals surface area contributed by atoms with Gasteiger partial charge in [-0.15, -0.1) is 0 Å². The molecule has 1 heterocycles. The molecule has 0 aliphatic rings. The fraction of sp³-hybridized carbons (Fsp3) is 0.292. The van der Waals surface area contributed by atoms with E-state index in [1.54, 1.807) is 13.3 Å². The third-order valence-electron chi connectivity index (χ3n) is 4.88. The Morgan fingerprint density at radius 1 is 1.16 bits per heavy atom. The number of aromatic nitrogens is 2. The van der Waals surface area contributed by atoms with Crippen molar-refractivity contribution in [1.29, 1.82) is 0 Å². The number of hydrogen-bond acceptors (Lipinski definition) is 6. The van der Waals surface area contributed by atoms with Crippen LogP contribution in [0.5, 0.6) is 11.5 Å². The Balaban J connectivity index is 1.66. The van der Waals surface area contributed by atoms with Gasteiger partial charge in [0, 0.05) is 7.05 Å². The van der Waals surface area contributed by atoms with E-state index in [-0.39, 0.29) is 10.4 Å². The highest BCUT2D eigenvalue weighted by Crippen LogP contribution is 2.29. The molecule has 0 fully saturated rings. The van der Waals surface area contributed by atoms with Crippen molar-refractivity contribution in [2.24, 2.45) is 12.1 Å². The van der Waals surface area contributed by atoms with Crippen molar-refractivity contribution >= 4 is 23.5 Å². The van der Waals surface area contributed by atoms with Crippen molar-refractivity contribution in [3.63, 3.8) is 0 Å². The molecule has 7 nitrogen and oxygen atoms in total. The Hall–Kier alpha value is -3.32. The minimum Gasteiger partial charge on any atom is -0.493 e. The van der Waals surface area contributed by atoms with E-state index in [1.165, 1.54) is 18.8 Å². The van der Waals surface area contributed by atoms with Crippen molar-refractivity contribution in [1.82, 2.24) is 9.78 Å². The Kier molecular flexibility index (Phi) is 7.20. The van der Waals surface area contributed by atoms with Crippen molar-refractivity contribution in [2.75, 3.05) is 12.5 Å². The number of hydrogen-bond donors (Lipinski definition) is 1. The Labute approximate surface area is 192 Å². The summed E-state index contributed by atoms with van der Waals surface area (Å²) in [5.74, 6) is 1.23. The number of benzene rings is 2. The maximum absolute atomic E-state index is 11.8. The van der Waals surface area contributed by atoms with Gasteiger partial charge in [-0.25, -0.2) is 4.68 Å². The number of anilines is 1. The lowest BCUT2D eigenvalue weighted by atomic mass is 9.87. The maximum Gasteiger partial charge on any atom is 0.287 e. The lowest BCUT2D eigenvalue weighted by Gasteiger charge is -2.19. The first-order valence-corrected chi connectivity index (χ1v) is 10.5. The van der Waals surface area contributed by atoms with E-state index in [9.17, 15) is 4.79 Å². The first kappa shape index (κ1) is 23.3. The number of aryl methyl sites for hydroxylation is 1. The van der Waals surface area contributed by atoms with Gasteiger partial charge in [0.15, 0.2) is 11.5 Å². The number of nitrogens with one attached hydrogen (secondary N) is 1. The second kappa shape index (κ2) is 9.87. The summed E-state index contributed by atoms with van der Waals surface area (Å²) >= 11 is 6.02. The molecule has 0 aliphatic heterocycles. The molecule has 0 bridgehead atoms. The van der Waals surface area contributed by atoms with Crippen LogP contribution in [0.3, 0.4) is 0 Å². The summed E-state index contributed by atoms with van der Waals surface area (Å²) in [6, 6.07) is 13.9. The average Bonchev–Trinajstić information content (AvgIpc) is 2.77. The van der Waals surface area contributed by atoms with Crippen LogP contribution in [-0.4, -0.2) is 23.1 Å². The smallest absolute Gasteiger partial charge is 0.287 e. The quantitative estimate of drug-likeness (QED) is 0.411. The predicted octanol–water partition coefficient (Wildman–Crippen LogP) is 4.76. The Bertz CT molecular complexity index is 1170. The first-order chi connectivity index (χ1) is 15.2. The first-order valence-electron chi connectivity index (χ1n) is 10.1. The maximum atomic E-state index is 11.8. The molecule has 0 unspecified atom stereocenters. The number of ether oxygens (including phenoxy) is 2. The van der Waals surface area contributed by atoms with Gasteiger partial charge < -0.3 is 9.47 Å². The molecule has 1 aromatic heterocycles. The van der Waals surface area contributed by atoms with Crippen molar-refractivity contribution in [2.45, 2.75) is 32.8 Å². The van der Waals surface area contributed by atoms with Crippen LogP contribution in [0.25, 0.3) is 0 Å². The standard InChI is InChI=1S/C24H27ClN4O3/c1-24(2,3)18-9-6-16(7-10-18)15-32-20-11-8-17(12-21(20)31-5)13-26-28-19-14-27-29(4)23(30)22(19)25/h6-14,28H,15H2,1-5H3/b26-13-. The highest BCUT2D eigenvalue weighted by atomic mass is 35.5. The normalized spacial score (nSPS) is 11.6. The largest absolute Gasteiger partial charge is 0.493 e. The van der Waals surface area contributed by atoms with E-state index in [2.05, 4.69) is 60.7 Å². The van der Waals surface area contributed by atoms with Crippen molar-refractivity contribution in [3.8, 4) is 11.5 Å². The molecule has 168 valence electrons. The summed E-state index contributed by atoms with van der Waals surface area (Å²) in [7, 11) is 3.11. The predicted molar refractivity (Wildman–Crippen MR) is 128 cm³/mol. The number of methoxy groups -OCH3 is 1. The summed E-state index contributed by atoms with van der Waals surface area (Å²) < 4.78 is 12.6. The van der Waals surface area contributed by atoms with Crippen LogP contribution in [0.15, 0.2) is 58.6 Å². The molecule has 32 heavy (non-hydrogen) atoms. The average molecular weight is 455 g/mol. The third-order valence-corrected chi connectivity index (χ3v) is 5.24. The van der Waals surface area contributed by atoms with Crippen LogP contribution >= 0.6 is 11.6 Å². The van der Waals surface area contributed by atoms with Crippen molar-refractivity contribution in [3.05, 3.63) is 80.7 Å². The zero-order valence-corrected chi connectivity index (χ0v) is 19.6. The highest BCUT2D eigenvalue weighted by molar-refractivity contribution is 6.32. The molecule has 0 saturated carbocycles. The Morgan fingerprint density at radius 2 is 1.88 bits per heavy atom. The molecule has 0 aliphatic carbocycles. The summed E-state index contributed by atoms with van der Waals surface area (Å²) in [5, 5.41) is 8.06. The van der Waals surface area contributed by atoms with E-state index in [1.807, 2.05) is 18.2 Å². The zero-order valence-electron chi connectivity index (χ0n) is 18.8. The van der Waals surface area contributed by atoms with Crippen LogP contribution < -0.4 is 20.5 Å². The second-order valence-electron chi connectivity index (χ2n) is 8.32. The van der Waals surface area contributed by atoms with Crippen LogP contribution in [0.1, 0.15) is 37.5 Å². The fourth-order valence-corrected chi connectivity index (χ4v) is 3.12. The molecule has 0 saturated heterocycles. The van der Waals surface area contributed by atoms with Crippen LogP contribution in [0.2, 0.25) is 5.02 Å². The highest BCUT2D eigenvalue weighted by Gasteiger charge is 2.13. The van der Waals surface area contributed by atoms with E-state index in [0.717, 1.165) is 15.8 Å². The molecule has 0 amide bonds. The van der Waals surface area contributed by atoms with Gasteiger partial charge in [0.2, 0.25) is 0 Å². The molecule has 3 aromatic rings. The topological polar surface area (TPSA) is 77.7 Å². The lowest BCUT2D eigenvalue weighted by Crippen LogP contribution is -2.20. The molecule has 2 aromatic carbocycles. The number of halogens is 1. The van der Waals surface area contributed by atoms with Gasteiger partial charge in [-0.1, -0.05) is 56.6 Å². The van der Waals surface area contributed by atoms with Gasteiger partial charge in [-0.2, -0.15) is 10.2 Å². The minimum atomic E-state index is -0.400. The summed E-state index contributed by atoms with van der Waals surface area (Å²) in [6.07, 6.45) is 3.03. The van der Waals surface area contributed by atoms with Crippen LogP contribution in [0, 0.1) is 0 Å². The van der Waals surface area contributed by atoms with E-state index in [4.69, 9.17) is 21.1 Å². The molecule has 1 N–H and O–H groups in total. The molecule has 3 rings (SSSR count). The molecule has 8 heteroatoms. The van der Waals surface area contributed by atoms with Gasteiger partial charge in [0.25, 0.3) is 5.56 Å². The fourth-order valence-electron chi connectivity index (χ4n) is 2.91. The SMILES string of the molecule is COc1cc(/C=N\Nc2cnn(C)c(=O)c2Cl)ccc1OCc1ccc(C(C)(C)C)cc1.